The van der Waals surface area contributed by atoms with Gasteiger partial charge in [-0.1, -0.05) is 18.2 Å². The molecule has 0 atom stereocenters. The van der Waals surface area contributed by atoms with Crippen molar-refractivity contribution in [1.82, 2.24) is 0 Å². The molecular weight excluding hydrogens is 374 g/mol. The summed E-state index contributed by atoms with van der Waals surface area (Å²) in [5.74, 6) is -2.25. The molecule has 0 aromatic heterocycles. The van der Waals surface area contributed by atoms with Gasteiger partial charge in [0.25, 0.3) is 11.8 Å². The molecule has 1 aliphatic rings. The van der Waals surface area contributed by atoms with Gasteiger partial charge in [-0.15, -0.1) is 0 Å². The van der Waals surface area contributed by atoms with Crippen LogP contribution in [-0.2, 0) is 6.42 Å². The fourth-order valence-electron chi connectivity index (χ4n) is 3.45. The van der Waals surface area contributed by atoms with E-state index in [1.165, 1.54) is 12.1 Å². The highest BCUT2D eigenvalue weighted by Gasteiger charge is 2.23. The number of carbonyl (C=O) groups excluding carboxylic acids is 2. The number of rotatable bonds is 3. The second kappa shape index (κ2) is 7.83. The molecule has 4 rings (SSSR count). The second-order valence-electron chi connectivity index (χ2n) is 6.84. The summed E-state index contributed by atoms with van der Waals surface area (Å²) in [6.07, 6.45) is 1.84. The normalized spacial score (nSPS) is 13.0. The van der Waals surface area contributed by atoms with Gasteiger partial charge in [0.2, 0.25) is 0 Å². The topological polar surface area (TPSA) is 49.4 Å². The van der Waals surface area contributed by atoms with Gasteiger partial charge in [0.05, 0.1) is 5.69 Å². The lowest BCUT2D eigenvalue weighted by molar-refractivity contribution is 0.0982. The Balaban J connectivity index is 1.51. The molecule has 1 N–H and O–H groups in total. The Bertz CT molecular complexity index is 1080. The van der Waals surface area contributed by atoms with Crippen LogP contribution < -0.4 is 10.2 Å². The molecule has 0 aliphatic carbocycles. The van der Waals surface area contributed by atoms with Crippen molar-refractivity contribution >= 4 is 23.2 Å². The predicted octanol–water partition coefficient (Wildman–Crippen LogP) is 4.81. The molecule has 29 heavy (non-hydrogen) atoms. The number of hydrogen-bond donors (Lipinski definition) is 1. The molecule has 1 heterocycles. The highest BCUT2D eigenvalue weighted by atomic mass is 19.1. The number of nitrogens with zero attached hydrogens (tertiary/aromatic N) is 1. The monoisotopic (exact) mass is 392 g/mol. The lowest BCUT2D eigenvalue weighted by Gasteiger charge is -2.29. The van der Waals surface area contributed by atoms with Crippen molar-refractivity contribution in [1.29, 1.82) is 0 Å². The highest BCUT2D eigenvalue weighted by Crippen LogP contribution is 2.28. The summed E-state index contributed by atoms with van der Waals surface area (Å²) in [5, 5.41) is 2.40. The number of fused-ring (bicyclic) bond motifs is 1. The number of carbonyl (C=O) groups is 2. The summed E-state index contributed by atoms with van der Waals surface area (Å²) in [5.41, 5.74) is 2.68. The fourth-order valence-corrected chi connectivity index (χ4v) is 3.45. The third kappa shape index (κ3) is 3.87. The Morgan fingerprint density at radius 3 is 2.38 bits per heavy atom. The average molecular weight is 392 g/mol. The van der Waals surface area contributed by atoms with Crippen LogP contribution in [0.1, 0.15) is 32.7 Å². The number of hydrogen-bond acceptors (Lipinski definition) is 2. The SMILES string of the molecule is O=C(Nc1ccc(F)cc1F)c1ccc(C(=O)N2CCCc3ccccc32)cc1. The number of anilines is 2. The number of nitrogens with one attached hydrogen (secondary N) is 1. The van der Waals surface area contributed by atoms with Gasteiger partial charge < -0.3 is 10.2 Å². The zero-order valence-electron chi connectivity index (χ0n) is 15.5. The summed E-state index contributed by atoms with van der Waals surface area (Å²) in [7, 11) is 0. The minimum atomic E-state index is -0.853. The van der Waals surface area contributed by atoms with E-state index in [0.717, 1.165) is 36.2 Å². The van der Waals surface area contributed by atoms with E-state index in [1.807, 2.05) is 24.3 Å². The van der Waals surface area contributed by atoms with E-state index < -0.39 is 17.5 Å². The van der Waals surface area contributed by atoms with Gasteiger partial charge in [-0.25, -0.2) is 8.78 Å². The van der Waals surface area contributed by atoms with Crippen molar-refractivity contribution in [3.63, 3.8) is 0 Å². The number of amides is 2. The molecule has 3 aromatic carbocycles. The highest BCUT2D eigenvalue weighted by molar-refractivity contribution is 6.08. The molecule has 0 fully saturated rings. The summed E-state index contributed by atoms with van der Waals surface area (Å²) >= 11 is 0. The molecular formula is C23H18F2N2O2. The van der Waals surface area contributed by atoms with E-state index in [0.29, 0.717) is 18.2 Å². The zero-order chi connectivity index (χ0) is 20.4. The first-order chi connectivity index (χ1) is 14.0. The van der Waals surface area contributed by atoms with Crippen LogP contribution in [-0.4, -0.2) is 18.4 Å². The van der Waals surface area contributed by atoms with Gasteiger partial charge in [0.1, 0.15) is 11.6 Å². The first kappa shape index (κ1) is 18.8. The predicted molar refractivity (Wildman–Crippen MR) is 107 cm³/mol. The van der Waals surface area contributed by atoms with Gasteiger partial charge in [0.15, 0.2) is 0 Å². The Labute approximate surface area is 166 Å². The van der Waals surface area contributed by atoms with Crippen LogP contribution in [0, 0.1) is 11.6 Å². The van der Waals surface area contributed by atoms with Crippen molar-refractivity contribution in [3.8, 4) is 0 Å². The number of halogens is 2. The van der Waals surface area contributed by atoms with Crippen LogP contribution >= 0.6 is 0 Å². The van der Waals surface area contributed by atoms with E-state index in [-0.39, 0.29) is 17.2 Å². The van der Waals surface area contributed by atoms with Crippen molar-refractivity contribution < 1.29 is 18.4 Å². The van der Waals surface area contributed by atoms with Crippen LogP contribution in [0.4, 0.5) is 20.2 Å². The average Bonchev–Trinajstić information content (AvgIpc) is 2.75. The van der Waals surface area contributed by atoms with Gasteiger partial charge >= 0.3 is 0 Å². The molecule has 1 aliphatic heterocycles. The number of para-hydroxylation sites is 1. The van der Waals surface area contributed by atoms with E-state index in [2.05, 4.69) is 5.32 Å². The third-order valence-electron chi connectivity index (χ3n) is 4.93. The Morgan fingerprint density at radius 2 is 1.62 bits per heavy atom. The van der Waals surface area contributed by atoms with Crippen molar-refractivity contribution in [3.05, 3.63) is 95.1 Å². The number of aryl methyl sites for hydroxylation is 1. The Kier molecular flexibility index (Phi) is 5.08. The second-order valence-corrected chi connectivity index (χ2v) is 6.84. The first-order valence-electron chi connectivity index (χ1n) is 9.29. The minimum absolute atomic E-state index is 0.110. The summed E-state index contributed by atoms with van der Waals surface area (Å²) in [6.45, 7) is 0.641. The molecule has 0 bridgehead atoms. The molecule has 4 nitrogen and oxygen atoms in total. The van der Waals surface area contributed by atoms with Gasteiger partial charge in [0, 0.05) is 29.4 Å². The van der Waals surface area contributed by atoms with Gasteiger partial charge in [-0.2, -0.15) is 0 Å². The smallest absolute Gasteiger partial charge is 0.258 e. The largest absolute Gasteiger partial charge is 0.319 e. The van der Waals surface area contributed by atoms with Crippen molar-refractivity contribution in [2.75, 3.05) is 16.8 Å². The van der Waals surface area contributed by atoms with Crippen molar-refractivity contribution in [2.45, 2.75) is 12.8 Å². The van der Waals surface area contributed by atoms with E-state index in [4.69, 9.17) is 0 Å². The molecule has 3 aromatic rings. The van der Waals surface area contributed by atoms with Crippen LogP contribution in [0.3, 0.4) is 0 Å². The zero-order valence-corrected chi connectivity index (χ0v) is 15.5. The molecule has 0 unspecified atom stereocenters. The molecule has 0 spiro atoms. The van der Waals surface area contributed by atoms with Crippen LogP contribution in [0.5, 0.6) is 0 Å². The molecule has 0 saturated carbocycles. The standard InChI is InChI=1S/C23H18F2N2O2/c24-18-11-12-20(19(25)14-18)26-22(28)16-7-9-17(10-8-16)23(29)27-13-3-5-15-4-1-2-6-21(15)27/h1-2,4,6-12,14H,3,5,13H2,(H,26,28). The molecule has 0 saturated heterocycles. The quantitative estimate of drug-likeness (QED) is 0.695. The number of benzene rings is 3. The van der Waals surface area contributed by atoms with E-state index in [1.54, 1.807) is 17.0 Å². The third-order valence-corrected chi connectivity index (χ3v) is 4.93. The molecule has 2 amide bonds. The lowest BCUT2D eigenvalue weighted by atomic mass is 10.0. The molecule has 6 heteroatoms. The maximum absolute atomic E-state index is 13.7. The van der Waals surface area contributed by atoms with E-state index >= 15 is 0 Å². The molecule has 146 valence electrons. The summed E-state index contributed by atoms with van der Waals surface area (Å²) in [6, 6.07) is 16.9. The maximum Gasteiger partial charge on any atom is 0.258 e. The fraction of sp³-hybridized carbons (Fsp3) is 0.130. The Hall–Kier alpha value is -3.54. The van der Waals surface area contributed by atoms with Gasteiger partial charge in [-0.3, -0.25) is 9.59 Å². The van der Waals surface area contributed by atoms with Crippen LogP contribution in [0.25, 0.3) is 0 Å². The van der Waals surface area contributed by atoms with Crippen LogP contribution in [0.15, 0.2) is 66.7 Å². The van der Waals surface area contributed by atoms with Crippen LogP contribution in [0.2, 0.25) is 0 Å². The maximum atomic E-state index is 13.7. The molecule has 0 radical (unpaired) electrons. The Morgan fingerprint density at radius 1 is 0.897 bits per heavy atom. The first-order valence-corrected chi connectivity index (χ1v) is 9.29. The van der Waals surface area contributed by atoms with Gasteiger partial charge in [-0.05, 0) is 60.9 Å². The van der Waals surface area contributed by atoms with E-state index in [9.17, 15) is 18.4 Å². The summed E-state index contributed by atoms with van der Waals surface area (Å²) in [4.78, 5) is 27.0. The lowest BCUT2D eigenvalue weighted by Crippen LogP contribution is -2.35. The summed E-state index contributed by atoms with van der Waals surface area (Å²) < 4.78 is 26.7. The van der Waals surface area contributed by atoms with Crippen molar-refractivity contribution in [2.24, 2.45) is 0 Å². The minimum Gasteiger partial charge on any atom is -0.319 e.